The van der Waals surface area contributed by atoms with Crippen LogP contribution in [0.1, 0.15) is 40.0 Å². The normalized spacial score (nSPS) is 29.4. The number of hydrogen-bond donors (Lipinski definition) is 0. The van der Waals surface area contributed by atoms with E-state index >= 15 is 0 Å². The number of hydrogen-bond acceptors (Lipinski definition) is 3. The molecule has 0 amide bonds. The van der Waals surface area contributed by atoms with Crippen molar-refractivity contribution in [2.45, 2.75) is 57.1 Å². The van der Waals surface area contributed by atoms with Crippen molar-refractivity contribution >= 4 is 18.0 Å². The molecule has 0 aliphatic carbocycles. The van der Waals surface area contributed by atoms with E-state index in [0.717, 1.165) is 18.5 Å². The van der Waals surface area contributed by atoms with E-state index in [9.17, 15) is 4.79 Å². The van der Waals surface area contributed by atoms with Gasteiger partial charge in [0.1, 0.15) is 6.29 Å². The fraction of sp³-hybridized carbons (Fsp3) is 0.632. The molecule has 5 atom stereocenters. The molecule has 1 saturated heterocycles. The number of carbonyl (C=O) groups is 1. The number of thioether (sulfide) groups is 1. The van der Waals surface area contributed by atoms with Crippen LogP contribution in [0, 0.1) is 17.8 Å². The second kappa shape index (κ2) is 8.73. The summed E-state index contributed by atoms with van der Waals surface area (Å²) in [6.45, 7) is 6.82. The van der Waals surface area contributed by atoms with Crippen LogP contribution < -0.4 is 0 Å². The van der Waals surface area contributed by atoms with Gasteiger partial charge in [-0.05, 0) is 36.3 Å². The van der Waals surface area contributed by atoms with Gasteiger partial charge in [0.2, 0.25) is 0 Å². The molecule has 122 valence electrons. The molecular weight excluding hydrogens is 292 g/mol. The molecule has 1 aliphatic rings. The predicted octanol–water partition coefficient (Wildman–Crippen LogP) is 4.82. The van der Waals surface area contributed by atoms with E-state index < -0.39 is 0 Å². The lowest BCUT2D eigenvalue weighted by molar-refractivity contribution is -0.110. The van der Waals surface area contributed by atoms with Gasteiger partial charge in [0.25, 0.3) is 0 Å². The van der Waals surface area contributed by atoms with Crippen molar-refractivity contribution in [1.29, 1.82) is 0 Å². The maximum absolute atomic E-state index is 11.0. The summed E-state index contributed by atoms with van der Waals surface area (Å²) in [7, 11) is 0. The van der Waals surface area contributed by atoms with Crippen LogP contribution >= 0.6 is 11.8 Å². The van der Waals surface area contributed by atoms with Crippen molar-refractivity contribution in [1.82, 2.24) is 0 Å². The largest absolute Gasteiger partial charge is 0.374 e. The van der Waals surface area contributed by atoms with Gasteiger partial charge < -0.3 is 9.53 Å². The van der Waals surface area contributed by atoms with Crippen LogP contribution in [0.2, 0.25) is 0 Å². The lowest BCUT2D eigenvalue weighted by Crippen LogP contribution is -2.23. The molecule has 0 N–H and O–H groups in total. The second-order valence-corrected chi connectivity index (χ2v) is 7.60. The molecule has 1 heterocycles. The molecule has 1 fully saturated rings. The summed E-state index contributed by atoms with van der Waals surface area (Å²) >= 11 is 1.88. The molecule has 1 aromatic carbocycles. The molecule has 1 aromatic rings. The highest BCUT2D eigenvalue weighted by molar-refractivity contribution is 7.99. The van der Waals surface area contributed by atoms with E-state index in [1.807, 2.05) is 17.8 Å². The highest BCUT2D eigenvalue weighted by Crippen LogP contribution is 2.40. The van der Waals surface area contributed by atoms with Crippen molar-refractivity contribution in [2.24, 2.45) is 17.8 Å². The summed E-state index contributed by atoms with van der Waals surface area (Å²) in [6, 6.07) is 10.5. The molecule has 0 radical (unpaired) electrons. The van der Waals surface area contributed by atoms with Gasteiger partial charge in [0.05, 0.1) is 12.2 Å². The first-order valence-corrected chi connectivity index (χ1v) is 9.41. The Morgan fingerprint density at radius 1 is 1.27 bits per heavy atom. The van der Waals surface area contributed by atoms with E-state index in [4.69, 9.17) is 4.74 Å². The van der Waals surface area contributed by atoms with Crippen molar-refractivity contribution in [3.8, 4) is 0 Å². The third-order valence-electron chi connectivity index (χ3n) is 4.93. The average Bonchev–Trinajstić information content (AvgIpc) is 2.82. The Bertz CT molecular complexity index is 448. The average molecular weight is 320 g/mol. The Labute approximate surface area is 139 Å². The molecule has 0 aromatic heterocycles. The topological polar surface area (TPSA) is 26.3 Å². The maximum Gasteiger partial charge on any atom is 0.122 e. The zero-order valence-corrected chi connectivity index (χ0v) is 14.7. The molecule has 22 heavy (non-hydrogen) atoms. The number of aldehydes is 1. The predicted molar refractivity (Wildman–Crippen MR) is 93.2 cm³/mol. The third kappa shape index (κ3) is 4.60. The van der Waals surface area contributed by atoms with Crippen LogP contribution in [0.25, 0.3) is 0 Å². The van der Waals surface area contributed by atoms with Gasteiger partial charge in [0, 0.05) is 17.1 Å². The quantitative estimate of drug-likeness (QED) is 0.507. The molecular formula is C19H28O2S. The number of ether oxygens (including phenoxy) is 1. The van der Waals surface area contributed by atoms with E-state index in [1.165, 1.54) is 11.3 Å². The third-order valence-corrected chi connectivity index (χ3v) is 6.09. The maximum atomic E-state index is 11.0. The zero-order chi connectivity index (χ0) is 15.9. The van der Waals surface area contributed by atoms with Crippen LogP contribution in [-0.2, 0) is 9.53 Å². The standard InChI is InChI=1S/C19H28O2S/c1-4-14(2)12-19-15(3)17(18(21-19)10-11-20)13-22-16-8-6-5-7-9-16/h5-9,11,14-15,17-19H,4,10,12-13H2,1-3H3/t14-,15-,17-,18+,19-/m1/s1. The summed E-state index contributed by atoms with van der Waals surface area (Å²) in [4.78, 5) is 12.3. The van der Waals surface area contributed by atoms with Gasteiger partial charge in [-0.15, -0.1) is 11.8 Å². The van der Waals surface area contributed by atoms with E-state index in [0.29, 0.717) is 30.3 Å². The molecule has 3 heteroatoms. The first-order chi connectivity index (χ1) is 10.7. The Morgan fingerprint density at radius 2 is 2.00 bits per heavy atom. The molecule has 0 saturated carbocycles. The molecule has 2 nitrogen and oxygen atoms in total. The van der Waals surface area contributed by atoms with Gasteiger partial charge in [-0.25, -0.2) is 0 Å². The van der Waals surface area contributed by atoms with Gasteiger partial charge in [-0.3, -0.25) is 0 Å². The Balaban J connectivity index is 1.98. The fourth-order valence-corrected chi connectivity index (χ4v) is 4.44. The van der Waals surface area contributed by atoms with Gasteiger partial charge in [0.15, 0.2) is 0 Å². The number of rotatable bonds is 8. The Kier molecular flexibility index (Phi) is 6.97. The molecule has 0 bridgehead atoms. The summed E-state index contributed by atoms with van der Waals surface area (Å²) in [5, 5.41) is 0. The number of carbonyl (C=O) groups excluding carboxylic acids is 1. The molecule has 0 spiro atoms. The van der Waals surface area contributed by atoms with Crippen molar-refractivity contribution in [3.63, 3.8) is 0 Å². The highest BCUT2D eigenvalue weighted by Gasteiger charge is 2.41. The molecule has 2 rings (SSSR count). The van der Waals surface area contributed by atoms with Gasteiger partial charge in [-0.2, -0.15) is 0 Å². The van der Waals surface area contributed by atoms with E-state index in [-0.39, 0.29) is 6.10 Å². The summed E-state index contributed by atoms with van der Waals surface area (Å²) in [5.74, 6) is 2.70. The van der Waals surface area contributed by atoms with Crippen molar-refractivity contribution < 1.29 is 9.53 Å². The van der Waals surface area contributed by atoms with Crippen LogP contribution in [0.4, 0.5) is 0 Å². The highest BCUT2D eigenvalue weighted by atomic mass is 32.2. The second-order valence-electron chi connectivity index (χ2n) is 6.51. The van der Waals surface area contributed by atoms with Crippen molar-refractivity contribution in [2.75, 3.05) is 5.75 Å². The van der Waals surface area contributed by atoms with Crippen LogP contribution in [0.3, 0.4) is 0 Å². The lowest BCUT2D eigenvalue weighted by Gasteiger charge is -2.21. The Morgan fingerprint density at radius 3 is 2.64 bits per heavy atom. The smallest absolute Gasteiger partial charge is 0.122 e. The zero-order valence-electron chi connectivity index (χ0n) is 13.9. The minimum absolute atomic E-state index is 0.0952. The van der Waals surface area contributed by atoms with Gasteiger partial charge >= 0.3 is 0 Å². The van der Waals surface area contributed by atoms with Crippen LogP contribution in [0.5, 0.6) is 0 Å². The number of benzene rings is 1. The SMILES string of the molecule is CC[C@@H](C)C[C@H]1O[C@@H](CC=O)[C@H](CSc2ccccc2)[C@H]1C. The first kappa shape index (κ1) is 17.6. The summed E-state index contributed by atoms with van der Waals surface area (Å²) in [6.07, 6.45) is 4.25. The molecule has 1 aliphatic heterocycles. The fourth-order valence-electron chi connectivity index (χ4n) is 3.19. The summed E-state index contributed by atoms with van der Waals surface area (Å²) in [5.41, 5.74) is 0. The Hall–Kier alpha value is -0.800. The van der Waals surface area contributed by atoms with Crippen LogP contribution in [0.15, 0.2) is 35.2 Å². The first-order valence-electron chi connectivity index (χ1n) is 8.42. The lowest BCUT2D eigenvalue weighted by atomic mass is 9.85. The minimum Gasteiger partial charge on any atom is -0.374 e. The molecule has 0 unspecified atom stereocenters. The van der Waals surface area contributed by atoms with E-state index in [2.05, 4.69) is 45.0 Å². The van der Waals surface area contributed by atoms with Crippen LogP contribution in [-0.4, -0.2) is 24.2 Å². The van der Waals surface area contributed by atoms with E-state index in [1.54, 1.807) is 0 Å². The minimum atomic E-state index is 0.0952. The van der Waals surface area contributed by atoms with Gasteiger partial charge in [-0.1, -0.05) is 45.4 Å². The van der Waals surface area contributed by atoms with Crippen molar-refractivity contribution in [3.05, 3.63) is 30.3 Å². The summed E-state index contributed by atoms with van der Waals surface area (Å²) < 4.78 is 6.24. The monoisotopic (exact) mass is 320 g/mol.